The minimum Gasteiger partial charge on any atom is -0.491 e. The SMILES string of the molecule is CC(=O)N1CCN(CC(O)COc2ccc3cc(-c4cccnc4)ccc3c2)CC1. The van der Waals surface area contributed by atoms with Gasteiger partial charge >= 0.3 is 0 Å². The third-order valence-electron chi connectivity index (χ3n) is 5.54. The van der Waals surface area contributed by atoms with Gasteiger partial charge in [0.1, 0.15) is 18.5 Å². The third-order valence-corrected chi connectivity index (χ3v) is 5.54. The summed E-state index contributed by atoms with van der Waals surface area (Å²) in [4.78, 5) is 19.6. The van der Waals surface area contributed by atoms with Gasteiger partial charge in [0.25, 0.3) is 0 Å². The van der Waals surface area contributed by atoms with Gasteiger partial charge < -0.3 is 14.7 Å². The van der Waals surface area contributed by atoms with E-state index < -0.39 is 6.10 Å². The molecular formula is C24H27N3O3. The lowest BCUT2D eigenvalue weighted by Gasteiger charge is -2.35. The van der Waals surface area contributed by atoms with Crippen LogP contribution in [0.15, 0.2) is 60.9 Å². The summed E-state index contributed by atoms with van der Waals surface area (Å²) in [6.07, 6.45) is 3.06. The molecule has 6 heteroatoms. The zero-order valence-corrected chi connectivity index (χ0v) is 17.2. The molecule has 0 bridgehead atoms. The van der Waals surface area contributed by atoms with Crippen molar-refractivity contribution >= 4 is 16.7 Å². The van der Waals surface area contributed by atoms with Crippen molar-refractivity contribution in [1.82, 2.24) is 14.8 Å². The Bertz CT molecular complexity index is 1000. The van der Waals surface area contributed by atoms with Gasteiger partial charge in [0.05, 0.1) is 0 Å². The lowest BCUT2D eigenvalue weighted by molar-refractivity contribution is -0.130. The number of benzene rings is 2. The number of pyridine rings is 1. The Morgan fingerprint density at radius 2 is 1.83 bits per heavy atom. The summed E-state index contributed by atoms with van der Waals surface area (Å²) in [6, 6.07) is 16.3. The topological polar surface area (TPSA) is 65.9 Å². The van der Waals surface area contributed by atoms with Crippen molar-refractivity contribution in [3.63, 3.8) is 0 Å². The second-order valence-electron chi connectivity index (χ2n) is 7.74. The summed E-state index contributed by atoms with van der Waals surface area (Å²) in [5, 5.41) is 12.6. The van der Waals surface area contributed by atoms with Crippen LogP contribution in [-0.2, 0) is 4.79 Å². The number of nitrogens with zero attached hydrogens (tertiary/aromatic N) is 3. The first-order valence-corrected chi connectivity index (χ1v) is 10.3. The Hall–Kier alpha value is -2.96. The molecule has 1 unspecified atom stereocenters. The van der Waals surface area contributed by atoms with Crippen molar-refractivity contribution < 1.29 is 14.6 Å². The standard InChI is InChI=1S/C24H27N3O3/c1-18(28)27-11-9-26(10-12-27)16-23(29)17-30-24-7-6-19-13-20(4-5-21(19)14-24)22-3-2-8-25-15-22/h2-8,13-15,23,29H,9-12,16-17H2,1H3. The Morgan fingerprint density at radius 3 is 2.57 bits per heavy atom. The molecule has 6 nitrogen and oxygen atoms in total. The highest BCUT2D eigenvalue weighted by Gasteiger charge is 2.20. The molecule has 1 fully saturated rings. The molecule has 0 aliphatic carbocycles. The van der Waals surface area contributed by atoms with Crippen molar-refractivity contribution in [2.24, 2.45) is 0 Å². The number of hydrogen-bond acceptors (Lipinski definition) is 5. The molecule has 1 atom stereocenters. The van der Waals surface area contributed by atoms with Crippen molar-refractivity contribution in [1.29, 1.82) is 0 Å². The Kier molecular flexibility index (Phi) is 6.26. The van der Waals surface area contributed by atoms with E-state index in [4.69, 9.17) is 4.74 Å². The highest BCUT2D eigenvalue weighted by molar-refractivity contribution is 5.88. The van der Waals surface area contributed by atoms with E-state index >= 15 is 0 Å². The van der Waals surface area contributed by atoms with Crippen LogP contribution < -0.4 is 4.74 Å². The van der Waals surface area contributed by atoms with Crippen LogP contribution in [0.1, 0.15) is 6.92 Å². The Labute approximate surface area is 176 Å². The first-order chi connectivity index (χ1) is 14.6. The number of amides is 1. The van der Waals surface area contributed by atoms with Gasteiger partial charge in [-0.2, -0.15) is 0 Å². The van der Waals surface area contributed by atoms with Crippen LogP contribution in [0.5, 0.6) is 5.75 Å². The zero-order chi connectivity index (χ0) is 20.9. The monoisotopic (exact) mass is 405 g/mol. The first-order valence-electron chi connectivity index (χ1n) is 10.3. The number of aliphatic hydroxyl groups is 1. The van der Waals surface area contributed by atoms with Crippen molar-refractivity contribution in [2.45, 2.75) is 13.0 Å². The van der Waals surface area contributed by atoms with Gasteiger partial charge in [0.2, 0.25) is 5.91 Å². The largest absolute Gasteiger partial charge is 0.491 e. The van der Waals surface area contributed by atoms with Gasteiger partial charge in [-0.3, -0.25) is 14.7 Å². The summed E-state index contributed by atoms with van der Waals surface area (Å²) < 4.78 is 5.84. The van der Waals surface area contributed by atoms with Crippen LogP contribution in [-0.4, -0.2) is 71.2 Å². The quantitative estimate of drug-likeness (QED) is 0.683. The molecule has 0 spiro atoms. The summed E-state index contributed by atoms with van der Waals surface area (Å²) in [6.45, 7) is 5.39. The van der Waals surface area contributed by atoms with Gasteiger partial charge in [-0.25, -0.2) is 0 Å². The molecule has 156 valence electrons. The highest BCUT2D eigenvalue weighted by Crippen LogP contribution is 2.26. The molecule has 3 aromatic rings. The van der Waals surface area contributed by atoms with Gasteiger partial charge in [0, 0.05) is 57.6 Å². The van der Waals surface area contributed by atoms with Gasteiger partial charge in [-0.1, -0.05) is 24.3 Å². The number of β-amino-alcohol motifs (C(OH)–C–C–N with tert-alkyl or cyclic N) is 1. The second-order valence-corrected chi connectivity index (χ2v) is 7.74. The third kappa shape index (κ3) is 4.96. The number of hydrogen-bond donors (Lipinski definition) is 1. The van der Waals surface area contributed by atoms with Crippen LogP contribution in [0.4, 0.5) is 0 Å². The average Bonchev–Trinajstić information content (AvgIpc) is 2.78. The van der Waals surface area contributed by atoms with E-state index in [1.807, 2.05) is 41.4 Å². The van der Waals surface area contributed by atoms with Crippen molar-refractivity contribution in [2.75, 3.05) is 39.3 Å². The molecule has 30 heavy (non-hydrogen) atoms. The lowest BCUT2D eigenvalue weighted by atomic mass is 10.0. The number of carbonyl (C=O) groups is 1. The maximum Gasteiger partial charge on any atom is 0.219 e. The molecule has 0 saturated carbocycles. The van der Waals surface area contributed by atoms with Crippen LogP contribution in [0.25, 0.3) is 21.9 Å². The van der Waals surface area contributed by atoms with E-state index in [1.54, 1.807) is 13.1 Å². The molecule has 1 amide bonds. The molecule has 2 aromatic carbocycles. The molecule has 1 saturated heterocycles. The van der Waals surface area contributed by atoms with E-state index in [2.05, 4.69) is 28.1 Å². The molecule has 1 aromatic heterocycles. The van der Waals surface area contributed by atoms with Crippen molar-refractivity contribution in [3.8, 4) is 16.9 Å². The van der Waals surface area contributed by atoms with E-state index in [1.165, 1.54) is 0 Å². The maximum absolute atomic E-state index is 11.4. The zero-order valence-electron chi connectivity index (χ0n) is 17.2. The van der Waals surface area contributed by atoms with E-state index in [0.717, 1.165) is 40.7 Å². The fourth-order valence-corrected chi connectivity index (χ4v) is 3.82. The number of aromatic nitrogens is 1. The number of aliphatic hydroxyl groups excluding tert-OH is 1. The molecule has 1 aliphatic rings. The molecule has 1 N–H and O–H groups in total. The predicted molar refractivity (Wildman–Crippen MR) is 117 cm³/mol. The lowest BCUT2D eigenvalue weighted by Crippen LogP contribution is -2.50. The molecule has 4 rings (SSSR count). The number of rotatable bonds is 6. The van der Waals surface area contributed by atoms with Crippen LogP contribution in [0.2, 0.25) is 0 Å². The molecule has 1 aliphatic heterocycles. The van der Waals surface area contributed by atoms with E-state index in [9.17, 15) is 9.90 Å². The van der Waals surface area contributed by atoms with Gasteiger partial charge in [-0.15, -0.1) is 0 Å². The number of fused-ring (bicyclic) bond motifs is 1. The maximum atomic E-state index is 11.4. The number of carbonyl (C=O) groups excluding carboxylic acids is 1. The smallest absolute Gasteiger partial charge is 0.219 e. The summed E-state index contributed by atoms with van der Waals surface area (Å²) in [7, 11) is 0. The number of piperazine rings is 1. The van der Waals surface area contributed by atoms with Crippen molar-refractivity contribution in [3.05, 3.63) is 60.9 Å². The van der Waals surface area contributed by atoms with Gasteiger partial charge in [0.15, 0.2) is 0 Å². The first kappa shape index (κ1) is 20.3. The molecular weight excluding hydrogens is 378 g/mol. The summed E-state index contributed by atoms with van der Waals surface area (Å²) in [5.74, 6) is 0.861. The summed E-state index contributed by atoms with van der Waals surface area (Å²) >= 11 is 0. The normalized spacial score (nSPS) is 15.9. The van der Waals surface area contributed by atoms with E-state index in [-0.39, 0.29) is 12.5 Å². The highest BCUT2D eigenvalue weighted by atomic mass is 16.5. The Morgan fingerprint density at radius 1 is 1.07 bits per heavy atom. The fourth-order valence-electron chi connectivity index (χ4n) is 3.82. The predicted octanol–water partition coefficient (Wildman–Crippen LogP) is 2.81. The van der Waals surface area contributed by atoms with E-state index in [0.29, 0.717) is 19.6 Å². The second kappa shape index (κ2) is 9.24. The molecule has 0 radical (unpaired) electrons. The van der Waals surface area contributed by atoms with Crippen LogP contribution >= 0.6 is 0 Å². The minimum absolute atomic E-state index is 0.113. The summed E-state index contributed by atoms with van der Waals surface area (Å²) in [5.41, 5.74) is 2.22. The van der Waals surface area contributed by atoms with Gasteiger partial charge in [-0.05, 0) is 40.6 Å². The fraction of sp³-hybridized carbons (Fsp3) is 0.333. The minimum atomic E-state index is -0.572. The number of ether oxygens (including phenoxy) is 1. The average molecular weight is 405 g/mol. The van der Waals surface area contributed by atoms with Crippen LogP contribution in [0.3, 0.4) is 0 Å². The molecule has 2 heterocycles. The van der Waals surface area contributed by atoms with Crippen LogP contribution in [0, 0.1) is 0 Å². The Balaban J connectivity index is 1.32.